The fraction of sp³-hybridized carbons (Fsp3) is 0.833. The fourth-order valence-electron chi connectivity index (χ4n) is 1.64. The van der Waals surface area contributed by atoms with Crippen LogP contribution in [0.2, 0.25) is 6.04 Å². The van der Waals surface area contributed by atoms with E-state index in [2.05, 4.69) is 12.3 Å². The van der Waals surface area contributed by atoms with Crippen LogP contribution >= 0.6 is 0 Å². The van der Waals surface area contributed by atoms with Gasteiger partial charge in [0.1, 0.15) is 0 Å². The summed E-state index contributed by atoms with van der Waals surface area (Å²) in [5.74, 6) is 0. The van der Waals surface area contributed by atoms with Gasteiger partial charge in [-0.2, -0.15) is 0 Å². The standard InChI is InChI=1S/C12H26OSi/c1-2-14-12-10-8-6-4-3-5-7-9-11-13/h2,13H,1,3-12,14H2. The first kappa shape index (κ1) is 13.9. The summed E-state index contributed by atoms with van der Waals surface area (Å²) in [6.07, 6.45) is 10.5. The van der Waals surface area contributed by atoms with Crippen LogP contribution in [0, 0.1) is 0 Å². The first-order valence-electron chi connectivity index (χ1n) is 6.13. The summed E-state index contributed by atoms with van der Waals surface area (Å²) in [5.41, 5.74) is 2.15. The van der Waals surface area contributed by atoms with Crippen LogP contribution < -0.4 is 0 Å². The van der Waals surface area contributed by atoms with Crippen LogP contribution in [-0.4, -0.2) is 21.2 Å². The molecule has 0 aromatic carbocycles. The maximum absolute atomic E-state index is 8.59. The fourth-order valence-corrected chi connectivity index (χ4v) is 2.57. The molecule has 0 spiro atoms. The van der Waals surface area contributed by atoms with Crippen molar-refractivity contribution in [1.29, 1.82) is 0 Å². The molecule has 0 aromatic heterocycles. The van der Waals surface area contributed by atoms with Crippen LogP contribution in [0.1, 0.15) is 51.4 Å². The van der Waals surface area contributed by atoms with E-state index in [-0.39, 0.29) is 9.52 Å². The first-order valence-corrected chi connectivity index (χ1v) is 7.95. The van der Waals surface area contributed by atoms with Crippen molar-refractivity contribution < 1.29 is 5.11 Å². The Morgan fingerprint density at radius 1 is 0.857 bits per heavy atom. The van der Waals surface area contributed by atoms with Crippen LogP contribution in [0.5, 0.6) is 0 Å². The molecule has 0 aliphatic carbocycles. The van der Waals surface area contributed by atoms with Crippen LogP contribution in [-0.2, 0) is 0 Å². The molecule has 0 aliphatic rings. The van der Waals surface area contributed by atoms with Gasteiger partial charge >= 0.3 is 0 Å². The Morgan fingerprint density at radius 3 is 1.86 bits per heavy atom. The summed E-state index contributed by atoms with van der Waals surface area (Å²) in [5, 5.41) is 8.59. The van der Waals surface area contributed by atoms with E-state index in [0.717, 1.165) is 6.42 Å². The van der Waals surface area contributed by atoms with Crippen LogP contribution in [0.15, 0.2) is 12.3 Å². The number of hydrogen-bond donors (Lipinski definition) is 1. The molecule has 0 heterocycles. The van der Waals surface area contributed by atoms with Crippen LogP contribution in [0.25, 0.3) is 0 Å². The molecule has 1 N–H and O–H groups in total. The Hall–Kier alpha value is -0.0831. The highest BCUT2D eigenvalue weighted by atomic mass is 28.2. The van der Waals surface area contributed by atoms with Gasteiger partial charge in [0.25, 0.3) is 0 Å². The average Bonchev–Trinajstić information content (AvgIpc) is 2.21. The van der Waals surface area contributed by atoms with Gasteiger partial charge in [-0.3, -0.25) is 0 Å². The second kappa shape index (κ2) is 12.9. The van der Waals surface area contributed by atoms with Gasteiger partial charge in [0.15, 0.2) is 0 Å². The van der Waals surface area contributed by atoms with Gasteiger partial charge in [-0.05, 0) is 6.42 Å². The molecule has 0 aliphatic heterocycles. The maximum Gasteiger partial charge on any atom is 0.0446 e. The molecule has 0 saturated heterocycles. The molecule has 0 aromatic rings. The molecule has 1 nitrogen and oxygen atoms in total. The molecule has 0 fully saturated rings. The zero-order chi connectivity index (χ0) is 10.5. The average molecular weight is 214 g/mol. The van der Waals surface area contributed by atoms with Crippen molar-refractivity contribution in [2.45, 2.75) is 57.4 Å². The third kappa shape index (κ3) is 11.9. The van der Waals surface area contributed by atoms with Crippen molar-refractivity contribution in [3.8, 4) is 0 Å². The Kier molecular flexibility index (Phi) is 12.8. The predicted molar refractivity (Wildman–Crippen MR) is 67.6 cm³/mol. The van der Waals surface area contributed by atoms with E-state index in [4.69, 9.17) is 5.11 Å². The molecule has 0 radical (unpaired) electrons. The molecular formula is C12H26OSi. The van der Waals surface area contributed by atoms with Crippen LogP contribution in [0.4, 0.5) is 0 Å². The van der Waals surface area contributed by atoms with Gasteiger partial charge in [-0.15, -0.1) is 12.3 Å². The van der Waals surface area contributed by atoms with Crippen molar-refractivity contribution in [3.63, 3.8) is 0 Å². The number of hydrogen-bond acceptors (Lipinski definition) is 1. The Labute approximate surface area is 91.4 Å². The van der Waals surface area contributed by atoms with Crippen molar-refractivity contribution in [1.82, 2.24) is 0 Å². The van der Waals surface area contributed by atoms with Gasteiger partial charge in [0, 0.05) is 16.1 Å². The summed E-state index contributed by atoms with van der Waals surface area (Å²) >= 11 is 0. The molecule has 84 valence electrons. The third-order valence-electron chi connectivity index (χ3n) is 2.57. The lowest BCUT2D eigenvalue weighted by Crippen LogP contribution is -1.86. The molecule has 0 rings (SSSR count). The Balaban J connectivity index is 2.81. The summed E-state index contributed by atoms with van der Waals surface area (Å²) in [7, 11) is 0.107. The quantitative estimate of drug-likeness (QED) is 0.414. The SMILES string of the molecule is C=C[SiH2]CCCCCCCCCCO. The van der Waals surface area contributed by atoms with Gasteiger partial charge in [-0.1, -0.05) is 51.0 Å². The first-order chi connectivity index (χ1) is 6.91. The van der Waals surface area contributed by atoms with E-state index in [1.807, 2.05) is 0 Å². The highest BCUT2D eigenvalue weighted by Gasteiger charge is 1.91. The topological polar surface area (TPSA) is 20.2 Å². The van der Waals surface area contributed by atoms with E-state index >= 15 is 0 Å². The minimum absolute atomic E-state index is 0.107. The van der Waals surface area contributed by atoms with Gasteiger partial charge in [-0.25, -0.2) is 0 Å². The number of unbranched alkanes of at least 4 members (excludes halogenated alkanes) is 7. The molecule has 0 atom stereocenters. The van der Waals surface area contributed by atoms with Gasteiger partial charge in [0.2, 0.25) is 0 Å². The molecule has 0 bridgehead atoms. The van der Waals surface area contributed by atoms with Crippen LogP contribution in [0.3, 0.4) is 0 Å². The molecule has 14 heavy (non-hydrogen) atoms. The monoisotopic (exact) mass is 214 g/mol. The van der Waals surface area contributed by atoms with Gasteiger partial charge in [0.05, 0.1) is 0 Å². The maximum atomic E-state index is 8.59. The lowest BCUT2D eigenvalue weighted by atomic mass is 10.1. The smallest absolute Gasteiger partial charge is 0.0446 e. The lowest BCUT2D eigenvalue weighted by Gasteiger charge is -2.00. The highest BCUT2D eigenvalue weighted by Crippen LogP contribution is 2.09. The number of aliphatic hydroxyl groups is 1. The summed E-state index contributed by atoms with van der Waals surface area (Å²) in [6.45, 7) is 4.15. The van der Waals surface area contributed by atoms with E-state index in [9.17, 15) is 0 Å². The van der Waals surface area contributed by atoms with Gasteiger partial charge < -0.3 is 5.11 Å². The Bertz CT molecular complexity index is 115. The predicted octanol–water partition coefficient (Wildman–Crippen LogP) is 2.83. The number of aliphatic hydroxyl groups excluding tert-OH is 1. The largest absolute Gasteiger partial charge is 0.396 e. The van der Waals surface area contributed by atoms with Crippen molar-refractivity contribution in [3.05, 3.63) is 12.3 Å². The van der Waals surface area contributed by atoms with Crippen molar-refractivity contribution >= 4 is 9.52 Å². The molecule has 0 amide bonds. The van der Waals surface area contributed by atoms with Crippen molar-refractivity contribution in [2.75, 3.05) is 6.61 Å². The molecule has 0 unspecified atom stereocenters. The summed E-state index contributed by atoms with van der Waals surface area (Å²) < 4.78 is 0. The second-order valence-electron chi connectivity index (χ2n) is 3.98. The second-order valence-corrected chi connectivity index (χ2v) is 5.84. The normalized spacial score (nSPS) is 11.2. The summed E-state index contributed by atoms with van der Waals surface area (Å²) in [6, 6.07) is 1.45. The zero-order valence-corrected chi connectivity index (χ0v) is 10.9. The van der Waals surface area contributed by atoms with E-state index in [1.54, 1.807) is 0 Å². The van der Waals surface area contributed by atoms with E-state index in [1.165, 1.54) is 51.0 Å². The Morgan fingerprint density at radius 2 is 1.36 bits per heavy atom. The van der Waals surface area contributed by atoms with E-state index < -0.39 is 0 Å². The number of rotatable bonds is 11. The highest BCUT2D eigenvalue weighted by molar-refractivity contribution is 6.41. The summed E-state index contributed by atoms with van der Waals surface area (Å²) in [4.78, 5) is 0. The molecule has 0 saturated carbocycles. The minimum Gasteiger partial charge on any atom is -0.396 e. The zero-order valence-electron chi connectivity index (χ0n) is 9.51. The lowest BCUT2D eigenvalue weighted by molar-refractivity contribution is 0.282. The molecule has 2 heteroatoms. The third-order valence-corrected chi connectivity index (χ3v) is 3.88. The molecular weight excluding hydrogens is 188 g/mol. The van der Waals surface area contributed by atoms with E-state index in [0.29, 0.717) is 6.61 Å². The van der Waals surface area contributed by atoms with Crippen molar-refractivity contribution in [2.24, 2.45) is 0 Å². The minimum atomic E-state index is 0.107.